The summed E-state index contributed by atoms with van der Waals surface area (Å²) in [4.78, 5) is 41.0. The van der Waals surface area contributed by atoms with Gasteiger partial charge >= 0.3 is 5.97 Å². The molecular formula is C33H31F2N3O7S2. The van der Waals surface area contributed by atoms with Crippen molar-refractivity contribution in [3.05, 3.63) is 82.3 Å². The molecule has 0 radical (unpaired) electrons. The van der Waals surface area contributed by atoms with Gasteiger partial charge in [0.25, 0.3) is 5.91 Å². The molecule has 2 fully saturated rings. The minimum atomic E-state index is -1.08. The lowest BCUT2D eigenvalue weighted by atomic mass is 10.00. The Bertz CT molecular complexity index is 1710. The molecule has 3 aromatic rings. The molecule has 2 amide bonds. The zero-order chi connectivity index (χ0) is 33.5. The van der Waals surface area contributed by atoms with Crippen molar-refractivity contribution in [2.24, 2.45) is 0 Å². The van der Waals surface area contributed by atoms with Gasteiger partial charge in [-0.25, -0.2) is 13.6 Å². The van der Waals surface area contributed by atoms with Crippen molar-refractivity contribution in [2.45, 2.75) is 6.42 Å². The summed E-state index contributed by atoms with van der Waals surface area (Å²) in [5.41, 5.74) is 1.83. The van der Waals surface area contributed by atoms with E-state index in [-0.39, 0.29) is 28.8 Å². The minimum absolute atomic E-state index is 0.0205. The van der Waals surface area contributed by atoms with Gasteiger partial charge in [0.15, 0.2) is 11.6 Å². The van der Waals surface area contributed by atoms with Crippen LogP contribution in [-0.4, -0.2) is 90.1 Å². The Morgan fingerprint density at radius 2 is 1.79 bits per heavy atom. The molecule has 0 bridgehead atoms. The zero-order valence-corrected chi connectivity index (χ0v) is 26.9. The van der Waals surface area contributed by atoms with Crippen molar-refractivity contribution in [3.8, 4) is 22.6 Å². The molecule has 2 saturated heterocycles. The number of carbonyl (C=O) groups is 3. The third-order valence-electron chi connectivity index (χ3n) is 7.47. The molecule has 2 aliphatic heterocycles. The number of morpholine rings is 1. The first kappa shape index (κ1) is 34.0. The Morgan fingerprint density at radius 1 is 1.04 bits per heavy atom. The van der Waals surface area contributed by atoms with Crippen LogP contribution in [0.4, 0.5) is 14.5 Å². The Hall–Kier alpha value is -4.37. The van der Waals surface area contributed by atoms with Crippen LogP contribution >= 0.6 is 24.0 Å². The predicted molar refractivity (Wildman–Crippen MR) is 178 cm³/mol. The number of amides is 2. The number of nitrogens with zero attached hydrogens (tertiary/aromatic N) is 2. The van der Waals surface area contributed by atoms with Gasteiger partial charge in [-0.3, -0.25) is 19.4 Å². The number of halogens is 2. The Balaban J connectivity index is 1.35. The largest absolute Gasteiger partial charge is 0.496 e. The SMILES string of the molecule is COc1cc(OCCN2CCOCC2)c(C=C2SC(=S)N(CCC(=O)Nc3ccc(C(=O)O)cc3)C2=O)cc1-c1ccc(F)c(F)c1. The molecule has 14 heteroatoms. The van der Waals surface area contributed by atoms with Crippen LogP contribution in [-0.2, 0) is 14.3 Å². The fourth-order valence-corrected chi connectivity index (χ4v) is 6.25. The number of benzene rings is 3. The van der Waals surface area contributed by atoms with E-state index in [4.69, 9.17) is 31.5 Å². The molecule has 47 heavy (non-hydrogen) atoms. The summed E-state index contributed by atoms with van der Waals surface area (Å²) in [7, 11) is 1.46. The number of methoxy groups -OCH3 is 1. The number of thioether (sulfide) groups is 1. The summed E-state index contributed by atoms with van der Waals surface area (Å²) in [6.45, 7) is 3.86. The second kappa shape index (κ2) is 15.5. The molecule has 2 heterocycles. The Kier molecular flexibility index (Phi) is 11.2. The second-order valence-corrected chi connectivity index (χ2v) is 12.2. The fraction of sp³-hybridized carbons (Fsp3) is 0.273. The molecule has 0 aliphatic carbocycles. The van der Waals surface area contributed by atoms with Crippen molar-refractivity contribution in [1.29, 1.82) is 0 Å². The molecule has 2 aliphatic rings. The topological polar surface area (TPSA) is 118 Å². The van der Waals surface area contributed by atoms with Gasteiger partial charge in [0, 0.05) is 55.5 Å². The number of carbonyl (C=O) groups excluding carboxylic acids is 2. The lowest BCUT2D eigenvalue weighted by Crippen LogP contribution is -2.38. The van der Waals surface area contributed by atoms with Crippen LogP contribution in [0.25, 0.3) is 17.2 Å². The second-order valence-electron chi connectivity index (χ2n) is 10.5. The molecule has 0 atom stereocenters. The molecule has 5 rings (SSSR count). The number of anilines is 1. The first-order valence-corrected chi connectivity index (χ1v) is 15.8. The highest BCUT2D eigenvalue weighted by Crippen LogP contribution is 2.40. The highest BCUT2D eigenvalue weighted by molar-refractivity contribution is 8.26. The monoisotopic (exact) mass is 683 g/mol. The van der Waals surface area contributed by atoms with Gasteiger partial charge in [0.1, 0.15) is 22.4 Å². The third kappa shape index (κ3) is 8.51. The van der Waals surface area contributed by atoms with E-state index in [1.54, 1.807) is 18.2 Å². The number of nitrogens with one attached hydrogen (secondary N) is 1. The molecule has 3 aromatic carbocycles. The van der Waals surface area contributed by atoms with Crippen molar-refractivity contribution >= 4 is 57.8 Å². The lowest BCUT2D eigenvalue weighted by molar-refractivity contribution is -0.122. The number of rotatable bonds is 12. The minimum Gasteiger partial charge on any atom is -0.496 e. The van der Waals surface area contributed by atoms with Crippen LogP contribution in [0.1, 0.15) is 22.3 Å². The molecule has 0 saturated carbocycles. The van der Waals surface area contributed by atoms with Gasteiger partial charge in [0.05, 0.1) is 30.8 Å². The third-order valence-corrected chi connectivity index (χ3v) is 8.85. The van der Waals surface area contributed by atoms with Gasteiger partial charge in [-0.15, -0.1) is 0 Å². The molecule has 0 unspecified atom stereocenters. The summed E-state index contributed by atoms with van der Waals surface area (Å²) < 4.78 is 45.4. The number of ether oxygens (including phenoxy) is 3. The quantitative estimate of drug-likeness (QED) is 0.193. The van der Waals surface area contributed by atoms with E-state index < -0.39 is 23.5 Å². The highest BCUT2D eigenvalue weighted by atomic mass is 32.2. The average molecular weight is 684 g/mol. The number of hydrogen-bond donors (Lipinski definition) is 2. The molecule has 246 valence electrons. The zero-order valence-electron chi connectivity index (χ0n) is 25.3. The first-order chi connectivity index (χ1) is 22.6. The number of aromatic carboxylic acids is 1. The molecular weight excluding hydrogens is 653 g/mol. The van der Waals surface area contributed by atoms with E-state index in [0.29, 0.717) is 65.1 Å². The predicted octanol–water partition coefficient (Wildman–Crippen LogP) is 5.28. The van der Waals surface area contributed by atoms with Crippen molar-refractivity contribution in [1.82, 2.24) is 9.80 Å². The van der Waals surface area contributed by atoms with Crippen LogP contribution in [0.3, 0.4) is 0 Å². The van der Waals surface area contributed by atoms with Crippen LogP contribution in [0, 0.1) is 11.6 Å². The number of thiocarbonyl (C=S) groups is 1. The van der Waals surface area contributed by atoms with E-state index in [0.717, 1.165) is 37.0 Å². The van der Waals surface area contributed by atoms with Crippen molar-refractivity contribution < 1.29 is 42.5 Å². The van der Waals surface area contributed by atoms with Gasteiger partial charge in [0.2, 0.25) is 5.91 Å². The Morgan fingerprint density at radius 3 is 2.47 bits per heavy atom. The standard InChI is InChI=1S/C33H31F2N3O7S2/c1-43-28-19-27(45-15-12-37-10-13-44-14-11-37)22(16-24(28)21-4-7-25(34)26(35)17-21)18-29-31(40)38(33(46)47-29)9-8-30(39)36-23-5-2-20(3-6-23)32(41)42/h2-7,16-19H,8-15H2,1H3,(H,36,39)(H,41,42). The van der Waals surface area contributed by atoms with Crippen molar-refractivity contribution in [3.63, 3.8) is 0 Å². The Labute approximate surface area is 279 Å². The normalized spacial score (nSPS) is 16.1. The van der Waals surface area contributed by atoms with Gasteiger partial charge in [-0.1, -0.05) is 30.0 Å². The summed E-state index contributed by atoms with van der Waals surface area (Å²) in [5, 5.41) is 11.7. The number of carboxylic acid groups (broad SMARTS) is 1. The van der Waals surface area contributed by atoms with Crippen molar-refractivity contribution in [2.75, 3.05) is 58.4 Å². The maximum Gasteiger partial charge on any atom is 0.335 e. The van der Waals surface area contributed by atoms with E-state index >= 15 is 0 Å². The first-order valence-electron chi connectivity index (χ1n) is 14.6. The molecule has 10 nitrogen and oxygen atoms in total. The molecule has 0 aromatic heterocycles. The van der Waals surface area contributed by atoms with Crippen LogP contribution < -0.4 is 14.8 Å². The maximum absolute atomic E-state index is 14.2. The van der Waals surface area contributed by atoms with E-state index in [1.165, 1.54) is 42.3 Å². The van der Waals surface area contributed by atoms with Gasteiger partial charge in [-0.05, 0) is 54.1 Å². The lowest BCUT2D eigenvalue weighted by Gasteiger charge is -2.26. The summed E-state index contributed by atoms with van der Waals surface area (Å²) in [6.07, 6.45) is 1.56. The van der Waals surface area contributed by atoms with Crippen LogP contribution in [0.2, 0.25) is 0 Å². The van der Waals surface area contributed by atoms with E-state index in [2.05, 4.69) is 10.2 Å². The average Bonchev–Trinajstić information content (AvgIpc) is 3.33. The van der Waals surface area contributed by atoms with E-state index in [1.807, 2.05) is 0 Å². The molecule has 0 spiro atoms. The van der Waals surface area contributed by atoms with Gasteiger partial charge < -0.3 is 24.6 Å². The van der Waals surface area contributed by atoms with E-state index in [9.17, 15) is 23.2 Å². The maximum atomic E-state index is 14.2. The summed E-state index contributed by atoms with van der Waals surface area (Å²) in [5.74, 6) is -3.07. The molecule has 2 N–H and O–H groups in total. The highest BCUT2D eigenvalue weighted by Gasteiger charge is 2.32. The summed E-state index contributed by atoms with van der Waals surface area (Å²) in [6, 6.07) is 12.6. The number of hydrogen-bond acceptors (Lipinski definition) is 9. The number of carboxylic acids is 1. The van der Waals surface area contributed by atoms with Crippen LogP contribution in [0.15, 0.2) is 59.5 Å². The van der Waals surface area contributed by atoms with Crippen LogP contribution in [0.5, 0.6) is 11.5 Å². The smallest absolute Gasteiger partial charge is 0.335 e. The van der Waals surface area contributed by atoms with Gasteiger partial charge in [-0.2, -0.15) is 0 Å². The fourth-order valence-electron chi connectivity index (χ4n) is 4.95. The summed E-state index contributed by atoms with van der Waals surface area (Å²) >= 11 is 6.54.